The van der Waals surface area contributed by atoms with Crippen molar-refractivity contribution in [3.8, 4) is 0 Å². The summed E-state index contributed by atoms with van der Waals surface area (Å²) in [6.45, 7) is 0. The average molecular weight is 282 g/mol. The number of thiocarbonyl (C=S) groups is 1. The fraction of sp³-hybridized carbons (Fsp3) is 0. The molecule has 4 heteroatoms. The van der Waals surface area contributed by atoms with E-state index in [-0.39, 0.29) is 10.9 Å². The van der Waals surface area contributed by atoms with Gasteiger partial charge in [0.15, 0.2) is 10.9 Å². The number of hydrogen-bond donors (Lipinski definition) is 1. The molecule has 0 aliphatic heterocycles. The Morgan fingerprint density at radius 2 is 1.55 bits per heavy atom. The van der Waals surface area contributed by atoms with Gasteiger partial charge in [-0.3, -0.25) is 9.69 Å². The summed E-state index contributed by atoms with van der Waals surface area (Å²) in [4.78, 5) is 13.6. The standard InChI is InChI=1S/C16H14N2OS/c17-16(20)18(14-9-5-2-6-10-14)12-11-15(19)13-7-3-1-4-8-13/h1-12H,(H2,17,20)/b12-11+. The lowest BCUT2D eigenvalue weighted by Crippen LogP contribution is -2.30. The van der Waals surface area contributed by atoms with Crippen molar-refractivity contribution in [3.63, 3.8) is 0 Å². The molecule has 0 aliphatic rings. The van der Waals surface area contributed by atoms with E-state index in [1.165, 1.54) is 6.08 Å². The predicted molar refractivity (Wildman–Crippen MR) is 85.6 cm³/mol. The molecule has 0 fully saturated rings. The number of anilines is 1. The zero-order chi connectivity index (χ0) is 14.4. The highest BCUT2D eigenvalue weighted by Crippen LogP contribution is 2.13. The van der Waals surface area contributed by atoms with Crippen molar-refractivity contribution in [1.82, 2.24) is 0 Å². The second-order valence-electron chi connectivity index (χ2n) is 4.09. The lowest BCUT2D eigenvalue weighted by Gasteiger charge is -2.17. The summed E-state index contributed by atoms with van der Waals surface area (Å²) in [5.74, 6) is -0.0946. The van der Waals surface area contributed by atoms with E-state index in [4.69, 9.17) is 18.0 Å². The maximum atomic E-state index is 12.0. The molecule has 2 aromatic carbocycles. The van der Waals surface area contributed by atoms with E-state index in [0.29, 0.717) is 5.56 Å². The van der Waals surface area contributed by atoms with Crippen molar-refractivity contribution >= 4 is 28.8 Å². The molecule has 0 heterocycles. The summed E-state index contributed by atoms with van der Waals surface area (Å²) in [5.41, 5.74) is 7.13. The zero-order valence-corrected chi connectivity index (χ0v) is 11.6. The van der Waals surface area contributed by atoms with Crippen LogP contribution in [0.25, 0.3) is 0 Å². The number of benzene rings is 2. The first-order chi connectivity index (χ1) is 9.68. The van der Waals surface area contributed by atoms with Crippen LogP contribution < -0.4 is 10.6 Å². The molecule has 100 valence electrons. The Kier molecular flexibility index (Phi) is 4.63. The number of hydrogen-bond acceptors (Lipinski definition) is 2. The Balaban J connectivity index is 2.19. The van der Waals surface area contributed by atoms with Crippen LogP contribution in [0.5, 0.6) is 0 Å². The molecule has 20 heavy (non-hydrogen) atoms. The van der Waals surface area contributed by atoms with Gasteiger partial charge in [0.1, 0.15) is 0 Å². The largest absolute Gasteiger partial charge is 0.376 e. The molecule has 2 N–H and O–H groups in total. The molecule has 0 saturated carbocycles. The maximum Gasteiger partial charge on any atom is 0.187 e. The number of rotatable bonds is 4. The molecule has 0 bridgehead atoms. The monoisotopic (exact) mass is 282 g/mol. The predicted octanol–water partition coefficient (Wildman–Crippen LogP) is 3.13. The van der Waals surface area contributed by atoms with Crippen molar-refractivity contribution in [1.29, 1.82) is 0 Å². The van der Waals surface area contributed by atoms with Crippen molar-refractivity contribution in [2.45, 2.75) is 0 Å². The highest BCUT2D eigenvalue weighted by Gasteiger charge is 2.06. The van der Waals surface area contributed by atoms with Crippen LogP contribution in [-0.2, 0) is 0 Å². The van der Waals surface area contributed by atoms with Gasteiger partial charge in [-0.15, -0.1) is 0 Å². The van der Waals surface area contributed by atoms with Gasteiger partial charge in [0.2, 0.25) is 0 Å². The van der Waals surface area contributed by atoms with E-state index in [9.17, 15) is 4.79 Å². The van der Waals surface area contributed by atoms with Gasteiger partial charge < -0.3 is 5.73 Å². The molecular weight excluding hydrogens is 268 g/mol. The molecule has 0 aromatic heterocycles. The minimum atomic E-state index is -0.0946. The van der Waals surface area contributed by atoms with E-state index in [1.54, 1.807) is 23.2 Å². The highest BCUT2D eigenvalue weighted by molar-refractivity contribution is 7.80. The van der Waals surface area contributed by atoms with Gasteiger partial charge in [-0.2, -0.15) is 0 Å². The number of carbonyl (C=O) groups excluding carboxylic acids is 1. The van der Waals surface area contributed by atoms with E-state index in [0.717, 1.165) is 5.69 Å². The average Bonchev–Trinajstić information content (AvgIpc) is 2.49. The van der Waals surface area contributed by atoms with Gasteiger partial charge >= 0.3 is 0 Å². The van der Waals surface area contributed by atoms with Crippen LogP contribution in [0.3, 0.4) is 0 Å². The van der Waals surface area contributed by atoms with Gasteiger partial charge in [0, 0.05) is 23.5 Å². The smallest absolute Gasteiger partial charge is 0.187 e. The van der Waals surface area contributed by atoms with Crippen molar-refractivity contribution < 1.29 is 4.79 Å². The number of nitrogens with two attached hydrogens (primary N) is 1. The van der Waals surface area contributed by atoms with E-state index >= 15 is 0 Å². The van der Waals surface area contributed by atoms with Gasteiger partial charge in [-0.25, -0.2) is 0 Å². The van der Waals surface area contributed by atoms with Crippen LogP contribution in [0, 0.1) is 0 Å². The third kappa shape index (κ3) is 3.52. The molecule has 3 nitrogen and oxygen atoms in total. The summed E-state index contributed by atoms with van der Waals surface area (Å²) >= 11 is 5.01. The third-order valence-electron chi connectivity index (χ3n) is 2.71. The number of ketones is 1. The number of para-hydroxylation sites is 1. The quantitative estimate of drug-likeness (QED) is 0.531. The van der Waals surface area contributed by atoms with Crippen LogP contribution in [0.2, 0.25) is 0 Å². The third-order valence-corrected chi connectivity index (χ3v) is 2.90. The summed E-state index contributed by atoms with van der Waals surface area (Å²) in [5, 5.41) is 0.188. The second kappa shape index (κ2) is 6.63. The minimum Gasteiger partial charge on any atom is -0.376 e. The van der Waals surface area contributed by atoms with Crippen LogP contribution in [0.1, 0.15) is 10.4 Å². The fourth-order valence-corrected chi connectivity index (χ4v) is 1.88. The summed E-state index contributed by atoms with van der Waals surface area (Å²) in [7, 11) is 0. The lowest BCUT2D eigenvalue weighted by atomic mass is 10.1. The summed E-state index contributed by atoms with van der Waals surface area (Å²) in [6, 6.07) is 18.5. The van der Waals surface area contributed by atoms with Gasteiger partial charge in [0.25, 0.3) is 0 Å². The van der Waals surface area contributed by atoms with Crippen molar-refractivity contribution in [2.75, 3.05) is 4.90 Å². The minimum absolute atomic E-state index is 0.0946. The molecular formula is C16H14N2OS. The first-order valence-electron chi connectivity index (χ1n) is 6.10. The fourth-order valence-electron chi connectivity index (χ4n) is 1.72. The first-order valence-corrected chi connectivity index (χ1v) is 6.50. The van der Waals surface area contributed by atoms with Crippen LogP contribution in [-0.4, -0.2) is 10.9 Å². The van der Waals surface area contributed by atoms with E-state index < -0.39 is 0 Å². The molecule has 2 aromatic rings. The first kappa shape index (κ1) is 14.0. The number of nitrogens with zero attached hydrogens (tertiary/aromatic N) is 1. The van der Waals surface area contributed by atoms with E-state index in [1.807, 2.05) is 48.5 Å². The molecule has 0 atom stereocenters. The molecule has 0 radical (unpaired) electrons. The van der Waals surface area contributed by atoms with Gasteiger partial charge in [-0.05, 0) is 24.4 Å². The zero-order valence-electron chi connectivity index (χ0n) is 10.8. The normalized spacial score (nSPS) is 10.4. The second-order valence-corrected chi connectivity index (χ2v) is 4.51. The summed E-state index contributed by atoms with van der Waals surface area (Å²) < 4.78 is 0. The van der Waals surface area contributed by atoms with Gasteiger partial charge in [0.05, 0.1) is 0 Å². The SMILES string of the molecule is NC(=S)N(/C=C/C(=O)c1ccccc1)c1ccccc1. The summed E-state index contributed by atoms with van der Waals surface area (Å²) in [6.07, 6.45) is 3.05. The van der Waals surface area contributed by atoms with Crippen LogP contribution >= 0.6 is 12.2 Å². The lowest BCUT2D eigenvalue weighted by molar-refractivity contribution is 0.104. The molecule has 0 unspecified atom stereocenters. The molecule has 2 rings (SSSR count). The molecule has 0 aliphatic carbocycles. The van der Waals surface area contributed by atoms with Crippen LogP contribution in [0.4, 0.5) is 5.69 Å². The van der Waals surface area contributed by atoms with Crippen molar-refractivity contribution in [3.05, 3.63) is 78.5 Å². The Morgan fingerprint density at radius 3 is 2.10 bits per heavy atom. The Morgan fingerprint density at radius 1 is 1.00 bits per heavy atom. The topological polar surface area (TPSA) is 46.3 Å². The number of carbonyl (C=O) groups is 1. The highest BCUT2D eigenvalue weighted by atomic mass is 32.1. The van der Waals surface area contributed by atoms with Crippen LogP contribution in [0.15, 0.2) is 72.9 Å². The Hall–Kier alpha value is -2.46. The van der Waals surface area contributed by atoms with E-state index in [2.05, 4.69) is 0 Å². The van der Waals surface area contributed by atoms with Gasteiger partial charge in [-0.1, -0.05) is 48.5 Å². The molecule has 0 saturated heterocycles. The number of allylic oxidation sites excluding steroid dienone is 1. The maximum absolute atomic E-state index is 12.0. The molecule has 0 amide bonds. The Labute approximate surface area is 123 Å². The van der Waals surface area contributed by atoms with Crippen molar-refractivity contribution in [2.24, 2.45) is 5.73 Å². The Bertz CT molecular complexity index is 623. The molecule has 0 spiro atoms.